The lowest BCUT2D eigenvalue weighted by atomic mass is 10.1. The van der Waals surface area contributed by atoms with Gasteiger partial charge in [0, 0.05) is 0 Å². The van der Waals surface area contributed by atoms with Crippen molar-refractivity contribution in [3.63, 3.8) is 0 Å². The van der Waals surface area contributed by atoms with Gasteiger partial charge in [-0.25, -0.2) is 13.6 Å². The second-order valence-corrected chi connectivity index (χ2v) is 5.28. The largest absolute Gasteiger partial charge is 0.493 e. The monoisotopic (exact) mass is 243 g/mol. The van der Waals surface area contributed by atoms with Crippen LogP contribution in [-0.4, -0.2) is 15.0 Å². The Morgan fingerprint density at radius 1 is 1.25 bits per heavy atom. The molecule has 0 spiro atoms. The van der Waals surface area contributed by atoms with E-state index in [9.17, 15) is 8.42 Å². The Balaban J connectivity index is 3.51. The number of sulfonamides is 1. The van der Waals surface area contributed by atoms with Gasteiger partial charge in [0.2, 0.25) is 10.0 Å². The highest BCUT2D eigenvalue weighted by Gasteiger charge is 2.17. The molecule has 0 heterocycles. The first kappa shape index (κ1) is 13.0. The maximum atomic E-state index is 11.4. The number of ether oxygens (including phenoxy) is 1. The van der Waals surface area contributed by atoms with E-state index in [1.807, 2.05) is 20.8 Å². The van der Waals surface area contributed by atoms with E-state index >= 15 is 0 Å². The van der Waals surface area contributed by atoms with Crippen LogP contribution in [0.2, 0.25) is 0 Å². The standard InChI is InChI=1S/C11H17NO3S/c1-5-15-11-7(2)6-10(16(12,13)14)8(3)9(11)4/h6H,5H2,1-4H3,(H2,12,13,14). The smallest absolute Gasteiger partial charge is 0.238 e. The van der Waals surface area contributed by atoms with E-state index in [1.54, 1.807) is 13.0 Å². The van der Waals surface area contributed by atoms with Gasteiger partial charge in [-0.3, -0.25) is 0 Å². The van der Waals surface area contributed by atoms with Crippen LogP contribution in [-0.2, 0) is 10.0 Å². The molecule has 0 aliphatic rings. The molecule has 1 rings (SSSR count). The maximum absolute atomic E-state index is 11.4. The minimum Gasteiger partial charge on any atom is -0.493 e. The summed E-state index contributed by atoms with van der Waals surface area (Å²) in [5, 5.41) is 5.15. The summed E-state index contributed by atoms with van der Waals surface area (Å²) in [4.78, 5) is 0.172. The summed E-state index contributed by atoms with van der Waals surface area (Å²) >= 11 is 0. The molecule has 16 heavy (non-hydrogen) atoms. The Bertz CT molecular complexity index is 506. The fraction of sp³-hybridized carbons (Fsp3) is 0.455. The van der Waals surface area contributed by atoms with Crippen molar-refractivity contribution < 1.29 is 13.2 Å². The Labute approximate surface area is 96.5 Å². The number of nitrogens with two attached hydrogens (primary N) is 1. The second kappa shape index (κ2) is 4.43. The van der Waals surface area contributed by atoms with Crippen LogP contribution in [0.5, 0.6) is 5.75 Å². The van der Waals surface area contributed by atoms with Crippen LogP contribution in [0.3, 0.4) is 0 Å². The Kier molecular flexibility index (Phi) is 3.60. The highest BCUT2D eigenvalue weighted by molar-refractivity contribution is 7.89. The van der Waals surface area contributed by atoms with E-state index in [1.165, 1.54) is 0 Å². The molecular weight excluding hydrogens is 226 g/mol. The number of benzene rings is 1. The average molecular weight is 243 g/mol. The van der Waals surface area contributed by atoms with E-state index < -0.39 is 10.0 Å². The average Bonchev–Trinajstić information content (AvgIpc) is 2.16. The second-order valence-electron chi connectivity index (χ2n) is 3.75. The van der Waals surface area contributed by atoms with Gasteiger partial charge in [0.1, 0.15) is 5.75 Å². The summed E-state index contributed by atoms with van der Waals surface area (Å²) < 4.78 is 28.2. The predicted molar refractivity (Wildman–Crippen MR) is 63.2 cm³/mol. The van der Waals surface area contributed by atoms with Crippen LogP contribution < -0.4 is 9.88 Å². The molecule has 0 saturated carbocycles. The fourth-order valence-electron chi connectivity index (χ4n) is 1.68. The molecule has 90 valence electrons. The summed E-state index contributed by atoms with van der Waals surface area (Å²) in [7, 11) is -3.67. The lowest BCUT2D eigenvalue weighted by Gasteiger charge is -2.15. The molecule has 2 N–H and O–H groups in total. The van der Waals surface area contributed by atoms with Crippen molar-refractivity contribution in [2.75, 3.05) is 6.61 Å². The third kappa shape index (κ3) is 2.36. The van der Waals surface area contributed by atoms with Crippen molar-refractivity contribution in [1.29, 1.82) is 0 Å². The van der Waals surface area contributed by atoms with Gasteiger partial charge in [0.05, 0.1) is 11.5 Å². The molecule has 0 fully saturated rings. The van der Waals surface area contributed by atoms with Gasteiger partial charge in [0.15, 0.2) is 0 Å². The summed E-state index contributed by atoms with van der Waals surface area (Å²) in [6.45, 7) is 7.82. The van der Waals surface area contributed by atoms with Crippen LogP contribution in [0.15, 0.2) is 11.0 Å². The molecule has 0 radical (unpaired) electrons. The topological polar surface area (TPSA) is 69.4 Å². The van der Waals surface area contributed by atoms with Gasteiger partial charge in [-0.15, -0.1) is 0 Å². The van der Waals surface area contributed by atoms with Gasteiger partial charge < -0.3 is 4.74 Å². The number of aryl methyl sites for hydroxylation is 1. The number of primary sulfonamides is 1. The minimum absolute atomic E-state index is 0.172. The number of rotatable bonds is 3. The molecule has 0 saturated heterocycles. The number of hydrogen-bond acceptors (Lipinski definition) is 3. The molecule has 0 bridgehead atoms. The number of hydrogen-bond donors (Lipinski definition) is 1. The molecule has 0 aromatic heterocycles. The summed E-state index contributed by atoms with van der Waals surface area (Å²) in [6.07, 6.45) is 0. The van der Waals surface area contributed by atoms with Crippen molar-refractivity contribution in [2.45, 2.75) is 32.6 Å². The quantitative estimate of drug-likeness (QED) is 0.877. The first-order chi connectivity index (χ1) is 7.29. The fourth-order valence-corrected chi connectivity index (χ4v) is 2.60. The van der Waals surface area contributed by atoms with E-state index in [0.29, 0.717) is 12.2 Å². The van der Waals surface area contributed by atoms with Gasteiger partial charge in [0.25, 0.3) is 0 Å². The normalized spacial score (nSPS) is 11.6. The summed E-state index contributed by atoms with van der Waals surface area (Å²) in [5.74, 6) is 0.743. The molecular formula is C11H17NO3S. The predicted octanol–water partition coefficient (Wildman–Crippen LogP) is 1.66. The zero-order valence-corrected chi connectivity index (χ0v) is 10.8. The van der Waals surface area contributed by atoms with Gasteiger partial charge >= 0.3 is 0 Å². The van der Waals surface area contributed by atoms with Crippen molar-refractivity contribution in [3.05, 3.63) is 22.8 Å². The lowest BCUT2D eigenvalue weighted by Crippen LogP contribution is -2.15. The Hall–Kier alpha value is -1.07. The minimum atomic E-state index is -3.67. The molecule has 0 atom stereocenters. The van der Waals surface area contributed by atoms with Crippen molar-refractivity contribution in [1.82, 2.24) is 0 Å². The van der Waals surface area contributed by atoms with Crippen LogP contribution in [0.4, 0.5) is 0 Å². The molecule has 4 nitrogen and oxygen atoms in total. The first-order valence-electron chi connectivity index (χ1n) is 5.05. The molecule has 5 heteroatoms. The van der Waals surface area contributed by atoms with Gasteiger partial charge in [-0.1, -0.05) is 0 Å². The highest BCUT2D eigenvalue weighted by Crippen LogP contribution is 2.30. The summed E-state index contributed by atoms with van der Waals surface area (Å²) in [6, 6.07) is 1.56. The van der Waals surface area contributed by atoms with Gasteiger partial charge in [-0.05, 0) is 50.5 Å². The maximum Gasteiger partial charge on any atom is 0.238 e. The van der Waals surface area contributed by atoms with E-state index in [2.05, 4.69) is 0 Å². The van der Waals surface area contributed by atoms with Crippen molar-refractivity contribution in [3.8, 4) is 5.75 Å². The zero-order chi connectivity index (χ0) is 12.5. The molecule has 0 unspecified atom stereocenters. The Morgan fingerprint density at radius 3 is 2.25 bits per heavy atom. The lowest BCUT2D eigenvalue weighted by molar-refractivity contribution is 0.335. The molecule has 1 aromatic rings. The van der Waals surface area contributed by atoms with Gasteiger partial charge in [-0.2, -0.15) is 0 Å². The molecule has 0 aliphatic heterocycles. The zero-order valence-electron chi connectivity index (χ0n) is 9.99. The third-order valence-corrected chi connectivity index (χ3v) is 3.61. The van der Waals surface area contributed by atoms with Crippen molar-refractivity contribution >= 4 is 10.0 Å². The first-order valence-corrected chi connectivity index (χ1v) is 6.60. The van der Waals surface area contributed by atoms with Crippen LogP contribution in [0, 0.1) is 20.8 Å². The van der Waals surface area contributed by atoms with E-state index in [0.717, 1.165) is 16.9 Å². The molecule has 0 amide bonds. The molecule has 1 aromatic carbocycles. The SMILES string of the molecule is CCOc1c(C)cc(S(N)(=O)=O)c(C)c1C. The van der Waals surface area contributed by atoms with Crippen LogP contribution in [0.1, 0.15) is 23.6 Å². The van der Waals surface area contributed by atoms with Crippen LogP contribution >= 0.6 is 0 Å². The molecule has 0 aliphatic carbocycles. The van der Waals surface area contributed by atoms with E-state index in [-0.39, 0.29) is 4.90 Å². The third-order valence-electron chi connectivity index (χ3n) is 2.57. The summed E-state index contributed by atoms with van der Waals surface area (Å²) in [5.41, 5.74) is 2.26. The van der Waals surface area contributed by atoms with E-state index in [4.69, 9.17) is 9.88 Å². The van der Waals surface area contributed by atoms with Crippen LogP contribution in [0.25, 0.3) is 0 Å². The highest BCUT2D eigenvalue weighted by atomic mass is 32.2. The van der Waals surface area contributed by atoms with Crippen molar-refractivity contribution in [2.24, 2.45) is 5.14 Å². The Morgan fingerprint density at radius 2 is 1.81 bits per heavy atom.